The van der Waals surface area contributed by atoms with Gasteiger partial charge in [0, 0.05) is 59.9 Å². The van der Waals surface area contributed by atoms with E-state index in [9.17, 15) is 18.4 Å². The van der Waals surface area contributed by atoms with Crippen LogP contribution in [0.1, 0.15) is 54.1 Å². The normalized spacial score (nSPS) is 17.1. The van der Waals surface area contributed by atoms with Crippen molar-refractivity contribution in [1.29, 1.82) is 0 Å². The van der Waals surface area contributed by atoms with Crippen molar-refractivity contribution in [2.45, 2.75) is 51.1 Å². The molecular formula is C36H34ClF2N7O3. The quantitative estimate of drug-likeness (QED) is 0.159. The second-order valence-electron chi connectivity index (χ2n) is 12.4. The van der Waals surface area contributed by atoms with Crippen molar-refractivity contribution in [1.82, 2.24) is 30.4 Å². The topological polar surface area (TPSA) is 123 Å². The first-order chi connectivity index (χ1) is 23.6. The van der Waals surface area contributed by atoms with E-state index >= 15 is 0 Å². The molecule has 0 radical (unpaired) electrons. The number of carbonyl (C=O) groups excluding carboxylic acids is 1. The van der Waals surface area contributed by atoms with Gasteiger partial charge in [-0.05, 0) is 61.1 Å². The number of carbonyl (C=O) groups is 1. The Morgan fingerprint density at radius 3 is 2.59 bits per heavy atom. The molecule has 3 N–H and O–H groups in total. The molecule has 0 bridgehead atoms. The molecule has 7 rings (SSSR count). The van der Waals surface area contributed by atoms with E-state index in [2.05, 4.69) is 32.1 Å². The second kappa shape index (κ2) is 13.2. The van der Waals surface area contributed by atoms with Crippen LogP contribution in [-0.4, -0.2) is 45.4 Å². The lowest BCUT2D eigenvalue weighted by Crippen LogP contribution is -2.36. The molecular weight excluding hydrogens is 652 g/mol. The zero-order valence-electron chi connectivity index (χ0n) is 27.1. The molecule has 0 spiro atoms. The van der Waals surface area contributed by atoms with Gasteiger partial charge in [-0.1, -0.05) is 41.9 Å². The lowest BCUT2D eigenvalue weighted by molar-refractivity contribution is -0.119. The van der Waals surface area contributed by atoms with E-state index in [-0.39, 0.29) is 34.6 Å². The van der Waals surface area contributed by atoms with Crippen LogP contribution < -0.4 is 26.2 Å². The largest absolute Gasteiger partial charge is 0.481 e. The fraction of sp³-hybridized carbons (Fsp3) is 0.306. The first-order valence-corrected chi connectivity index (χ1v) is 16.4. The minimum absolute atomic E-state index is 0.0196. The third-order valence-corrected chi connectivity index (χ3v) is 9.78. The number of amides is 1. The van der Waals surface area contributed by atoms with Crippen LogP contribution in [0.3, 0.4) is 0 Å². The van der Waals surface area contributed by atoms with Crippen LogP contribution in [0, 0.1) is 6.92 Å². The number of halogens is 3. The first kappa shape index (κ1) is 32.6. The summed E-state index contributed by atoms with van der Waals surface area (Å²) in [6.07, 6.45) is 1.65. The smallest absolute Gasteiger partial charge is 0.280 e. The minimum atomic E-state index is -2.84. The number of anilines is 2. The van der Waals surface area contributed by atoms with Crippen LogP contribution in [0.25, 0.3) is 33.2 Å². The van der Waals surface area contributed by atoms with Crippen molar-refractivity contribution in [2.24, 2.45) is 7.05 Å². The Morgan fingerprint density at radius 2 is 1.84 bits per heavy atom. The molecule has 1 aliphatic heterocycles. The third-order valence-electron chi connectivity index (χ3n) is 9.37. The summed E-state index contributed by atoms with van der Waals surface area (Å²) in [5.41, 5.74) is 5.55. The fourth-order valence-corrected chi connectivity index (χ4v) is 7.15. The van der Waals surface area contributed by atoms with Gasteiger partial charge >= 0.3 is 0 Å². The highest BCUT2D eigenvalue weighted by atomic mass is 35.5. The maximum Gasteiger partial charge on any atom is 0.280 e. The van der Waals surface area contributed by atoms with Gasteiger partial charge in [0.25, 0.3) is 12.0 Å². The molecule has 1 amide bonds. The molecule has 5 aromatic rings. The number of ether oxygens (including phenoxy) is 1. The number of pyridine rings is 2. The number of rotatable bonds is 9. The number of benzene rings is 2. The fourth-order valence-electron chi connectivity index (χ4n) is 6.82. The summed E-state index contributed by atoms with van der Waals surface area (Å²) in [5, 5.41) is 14.7. The molecule has 1 saturated heterocycles. The van der Waals surface area contributed by atoms with Gasteiger partial charge in [0.1, 0.15) is 11.5 Å². The summed E-state index contributed by atoms with van der Waals surface area (Å²) in [7, 11) is 3.10. The van der Waals surface area contributed by atoms with Crippen molar-refractivity contribution >= 4 is 39.8 Å². The van der Waals surface area contributed by atoms with Gasteiger partial charge in [-0.15, -0.1) is 0 Å². The number of hydrogen-bond donors (Lipinski definition) is 3. The van der Waals surface area contributed by atoms with Crippen LogP contribution >= 0.6 is 11.6 Å². The Balaban J connectivity index is 1.22. The van der Waals surface area contributed by atoms with Gasteiger partial charge in [-0.3, -0.25) is 9.59 Å². The summed E-state index contributed by atoms with van der Waals surface area (Å²) in [4.78, 5) is 33.7. The van der Waals surface area contributed by atoms with Crippen molar-refractivity contribution in [3.05, 3.63) is 92.5 Å². The molecule has 252 valence electrons. The molecule has 0 saturated carbocycles. The first-order valence-electron chi connectivity index (χ1n) is 16.0. The van der Waals surface area contributed by atoms with E-state index in [1.807, 2.05) is 37.3 Å². The Morgan fingerprint density at radius 1 is 1.06 bits per heavy atom. The van der Waals surface area contributed by atoms with E-state index in [1.54, 1.807) is 13.2 Å². The van der Waals surface area contributed by atoms with Gasteiger partial charge in [0.15, 0.2) is 0 Å². The van der Waals surface area contributed by atoms with Crippen LogP contribution in [0.5, 0.6) is 5.88 Å². The molecule has 49 heavy (non-hydrogen) atoms. The Kier molecular flexibility index (Phi) is 8.76. The van der Waals surface area contributed by atoms with E-state index in [0.717, 1.165) is 57.3 Å². The third kappa shape index (κ3) is 6.10. The molecule has 10 nitrogen and oxygen atoms in total. The van der Waals surface area contributed by atoms with Gasteiger partial charge in [-0.2, -0.15) is 5.10 Å². The Labute approximate surface area is 285 Å². The number of aromatic nitrogens is 4. The maximum atomic E-state index is 13.8. The molecule has 1 fully saturated rings. The molecule has 13 heteroatoms. The average Bonchev–Trinajstić information content (AvgIpc) is 3.71. The summed E-state index contributed by atoms with van der Waals surface area (Å²) < 4.78 is 34.5. The summed E-state index contributed by atoms with van der Waals surface area (Å²) in [6.45, 7) is 2.57. The van der Waals surface area contributed by atoms with Gasteiger partial charge < -0.3 is 20.7 Å². The Bertz CT molecular complexity index is 2170. The molecule has 2 unspecified atom stereocenters. The summed E-state index contributed by atoms with van der Waals surface area (Å²) in [5.74, 6) is 0.648. The van der Waals surface area contributed by atoms with E-state index in [4.69, 9.17) is 21.3 Å². The number of nitrogens with zero attached hydrogens (tertiary/aromatic N) is 4. The molecule has 2 aliphatic rings. The number of aryl methyl sites for hydroxylation is 2. The van der Waals surface area contributed by atoms with Crippen LogP contribution in [0.2, 0.25) is 5.02 Å². The predicted octanol–water partition coefficient (Wildman–Crippen LogP) is 6.56. The monoisotopic (exact) mass is 685 g/mol. The second-order valence-corrected chi connectivity index (χ2v) is 12.8. The zero-order chi connectivity index (χ0) is 34.4. The number of fused-ring (bicyclic) bond motifs is 2. The number of alkyl halides is 2. The van der Waals surface area contributed by atoms with Crippen LogP contribution in [-0.2, 0) is 18.3 Å². The molecule has 1 aliphatic carbocycles. The molecule has 2 aromatic carbocycles. The SMILES string of the molecule is COc1nc(-c2cccc(-c3cccc(Nc4nc(C(F)F)cc5cnn(C)c(=O)c45)c3C)c2Cl)cc2c1C(NCC1CCC(=O)N1)CC2. The van der Waals surface area contributed by atoms with E-state index in [1.165, 1.54) is 19.3 Å². The summed E-state index contributed by atoms with van der Waals surface area (Å²) >= 11 is 7.15. The van der Waals surface area contributed by atoms with Gasteiger partial charge in [-0.25, -0.2) is 23.4 Å². The average molecular weight is 686 g/mol. The summed E-state index contributed by atoms with van der Waals surface area (Å²) in [6, 6.07) is 14.7. The highest BCUT2D eigenvalue weighted by molar-refractivity contribution is 6.36. The van der Waals surface area contributed by atoms with Crippen LogP contribution in [0.4, 0.5) is 20.3 Å². The van der Waals surface area contributed by atoms with E-state index < -0.39 is 17.7 Å². The van der Waals surface area contributed by atoms with Crippen molar-refractivity contribution in [2.75, 3.05) is 19.0 Å². The van der Waals surface area contributed by atoms with Crippen LogP contribution in [0.15, 0.2) is 59.5 Å². The molecule has 4 heterocycles. The minimum Gasteiger partial charge on any atom is -0.481 e. The number of hydrogen-bond acceptors (Lipinski definition) is 8. The highest BCUT2D eigenvalue weighted by Gasteiger charge is 2.30. The molecule has 2 atom stereocenters. The van der Waals surface area contributed by atoms with Crippen molar-refractivity contribution in [3.63, 3.8) is 0 Å². The standard InChI is InChI=1S/C36H34ClF2N7O3/c1-18-22(6-5-9-25(18)43-34-31-20(15-28(44-34)33(38)39)16-41-46(2)36(31)48)23-7-4-8-24(32(23)37)27-14-19-10-12-26(30(19)35(45-27)49-3)40-17-21-11-13-29(47)42-21/h4-9,14-16,21,26,33,40H,10-13,17H2,1-3H3,(H,42,47)(H,43,44). The Hall–Kier alpha value is -4.94. The predicted molar refractivity (Wildman–Crippen MR) is 185 cm³/mol. The van der Waals surface area contributed by atoms with Crippen molar-refractivity contribution in [3.8, 4) is 28.3 Å². The maximum absolute atomic E-state index is 13.8. The lowest BCUT2D eigenvalue weighted by Gasteiger charge is -2.20. The number of nitrogens with one attached hydrogen (secondary N) is 3. The lowest BCUT2D eigenvalue weighted by atomic mass is 9.96. The van der Waals surface area contributed by atoms with Crippen molar-refractivity contribution < 1.29 is 18.3 Å². The van der Waals surface area contributed by atoms with Gasteiger partial charge in [0.05, 0.1) is 29.4 Å². The zero-order valence-corrected chi connectivity index (χ0v) is 27.9. The molecule has 3 aromatic heterocycles. The van der Waals surface area contributed by atoms with Gasteiger partial charge in [0.2, 0.25) is 11.8 Å². The highest BCUT2D eigenvalue weighted by Crippen LogP contribution is 2.43. The van der Waals surface area contributed by atoms with E-state index in [0.29, 0.717) is 35.2 Å². The number of methoxy groups -OCH3 is 1.